The van der Waals surface area contributed by atoms with Crippen molar-refractivity contribution in [2.45, 2.75) is 51.4 Å². The van der Waals surface area contributed by atoms with Crippen molar-refractivity contribution in [1.29, 1.82) is 0 Å². The molecule has 0 saturated carbocycles. The van der Waals surface area contributed by atoms with E-state index in [1.807, 2.05) is 19.9 Å². The second-order valence-electron chi connectivity index (χ2n) is 6.58. The quantitative estimate of drug-likeness (QED) is 0.713. The van der Waals surface area contributed by atoms with Crippen LogP contribution in [0.5, 0.6) is 0 Å². The molecule has 0 spiro atoms. The van der Waals surface area contributed by atoms with Crippen molar-refractivity contribution in [1.82, 2.24) is 15.5 Å². The minimum Gasteiger partial charge on any atom is -0.481 e. The second-order valence-corrected chi connectivity index (χ2v) is 6.58. The van der Waals surface area contributed by atoms with E-state index in [0.717, 1.165) is 0 Å². The monoisotopic (exact) mass is 359 g/mol. The van der Waals surface area contributed by atoms with Gasteiger partial charge in [0.25, 0.3) is 0 Å². The van der Waals surface area contributed by atoms with Crippen LogP contribution in [0.25, 0.3) is 0 Å². The van der Waals surface area contributed by atoms with Gasteiger partial charge in [-0.05, 0) is 12.0 Å². The van der Waals surface area contributed by atoms with Crippen LogP contribution < -0.4 is 5.32 Å². The van der Waals surface area contributed by atoms with Crippen molar-refractivity contribution in [3.63, 3.8) is 0 Å². The van der Waals surface area contributed by atoms with Crippen LogP contribution in [-0.4, -0.2) is 33.7 Å². The zero-order valence-electron chi connectivity index (χ0n) is 15.4. The first kappa shape index (κ1) is 19.6. The minimum absolute atomic E-state index is 0.0305. The van der Waals surface area contributed by atoms with Crippen molar-refractivity contribution < 1.29 is 19.2 Å². The number of hydrogen-bond donors (Lipinski definition) is 2. The van der Waals surface area contributed by atoms with Crippen LogP contribution in [0.2, 0.25) is 0 Å². The third-order valence-corrected chi connectivity index (χ3v) is 4.49. The number of carbonyl (C=O) groups is 2. The maximum absolute atomic E-state index is 12.2. The van der Waals surface area contributed by atoms with Crippen molar-refractivity contribution in [2.75, 3.05) is 6.54 Å². The lowest BCUT2D eigenvalue weighted by Gasteiger charge is -2.29. The number of carboxylic acids is 1. The van der Waals surface area contributed by atoms with Gasteiger partial charge in [0.2, 0.25) is 11.8 Å². The number of amides is 1. The highest BCUT2D eigenvalue weighted by Gasteiger charge is 2.38. The number of aromatic nitrogens is 2. The Hall–Kier alpha value is -2.70. The number of nitrogens with one attached hydrogen (secondary N) is 1. The zero-order valence-corrected chi connectivity index (χ0v) is 15.4. The van der Waals surface area contributed by atoms with E-state index in [-0.39, 0.29) is 24.8 Å². The number of nitrogens with zero attached hydrogens (tertiary/aromatic N) is 2. The third-order valence-electron chi connectivity index (χ3n) is 4.49. The molecule has 0 aliphatic carbocycles. The van der Waals surface area contributed by atoms with E-state index in [1.165, 1.54) is 0 Å². The van der Waals surface area contributed by atoms with Gasteiger partial charge in [-0.3, -0.25) is 9.59 Å². The summed E-state index contributed by atoms with van der Waals surface area (Å²) in [5.74, 6) is -0.0190. The van der Waals surface area contributed by atoms with Gasteiger partial charge in [-0.15, -0.1) is 0 Å². The summed E-state index contributed by atoms with van der Waals surface area (Å²) in [5.41, 5.74) is -0.472. The summed E-state index contributed by atoms with van der Waals surface area (Å²) in [6.45, 7) is 5.75. The van der Waals surface area contributed by atoms with Gasteiger partial charge in [-0.2, -0.15) is 4.98 Å². The summed E-state index contributed by atoms with van der Waals surface area (Å²) in [6, 6.07) is 8.98. The molecule has 2 N–H and O–H groups in total. The molecular formula is C19H25N3O4. The fourth-order valence-electron chi connectivity index (χ4n) is 2.70. The molecule has 1 heterocycles. The van der Waals surface area contributed by atoms with Gasteiger partial charge in [0.1, 0.15) is 5.41 Å². The fourth-order valence-corrected chi connectivity index (χ4v) is 2.70. The van der Waals surface area contributed by atoms with E-state index in [4.69, 9.17) is 4.52 Å². The number of aliphatic carboxylic acids is 1. The Morgan fingerprint density at radius 3 is 2.50 bits per heavy atom. The first-order valence-electron chi connectivity index (χ1n) is 8.77. The Bertz CT molecular complexity index is 742. The van der Waals surface area contributed by atoms with Crippen LogP contribution in [0, 0.1) is 0 Å². The van der Waals surface area contributed by atoms with E-state index < -0.39 is 11.4 Å². The molecule has 0 bridgehead atoms. The smallest absolute Gasteiger partial charge is 0.315 e. The highest BCUT2D eigenvalue weighted by atomic mass is 16.5. The number of hydrogen-bond acceptors (Lipinski definition) is 5. The molecule has 2 aromatic rings. The fraction of sp³-hybridized carbons (Fsp3) is 0.474. The minimum atomic E-state index is -1.15. The molecule has 26 heavy (non-hydrogen) atoms. The van der Waals surface area contributed by atoms with Gasteiger partial charge < -0.3 is 14.9 Å². The SMILES string of the molecule is CCC(CNC(=O)CCc1nc(C(C)C)no1)(C(=O)O)c1ccccc1. The molecule has 1 aromatic heterocycles. The third kappa shape index (κ3) is 4.47. The first-order valence-corrected chi connectivity index (χ1v) is 8.77. The largest absolute Gasteiger partial charge is 0.481 e. The van der Waals surface area contributed by atoms with Crippen LogP contribution in [0.15, 0.2) is 34.9 Å². The Kier molecular flexibility index (Phi) is 6.49. The molecule has 140 valence electrons. The van der Waals surface area contributed by atoms with Crippen molar-refractivity contribution in [3.8, 4) is 0 Å². The number of aryl methyl sites for hydroxylation is 1. The Labute approximate surface area is 152 Å². The topological polar surface area (TPSA) is 105 Å². The lowest BCUT2D eigenvalue weighted by atomic mass is 9.78. The zero-order chi connectivity index (χ0) is 19.2. The molecule has 0 aliphatic heterocycles. The summed E-state index contributed by atoms with van der Waals surface area (Å²) < 4.78 is 5.12. The highest BCUT2D eigenvalue weighted by Crippen LogP contribution is 2.27. The van der Waals surface area contributed by atoms with Gasteiger partial charge in [-0.1, -0.05) is 56.3 Å². The number of benzene rings is 1. The molecule has 0 saturated heterocycles. The summed E-state index contributed by atoms with van der Waals surface area (Å²) in [7, 11) is 0. The maximum Gasteiger partial charge on any atom is 0.315 e. The predicted octanol–water partition coefficient (Wildman–Crippen LogP) is 2.67. The molecule has 7 heteroatoms. The highest BCUT2D eigenvalue weighted by molar-refractivity contribution is 5.83. The Balaban J connectivity index is 1.97. The van der Waals surface area contributed by atoms with Crippen LogP contribution in [0.3, 0.4) is 0 Å². The molecule has 1 atom stereocenters. The van der Waals surface area contributed by atoms with E-state index in [2.05, 4.69) is 15.5 Å². The van der Waals surface area contributed by atoms with Gasteiger partial charge in [0, 0.05) is 25.3 Å². The lowest BCUT2D eigenvalue weighted by molar-refractivity contribution is -0.144. The van der Waals surface area contributed by atoms with Gasteiger partial charge in [0.15, 0.2) is 5.82 Å². The normalized spacial score (nSPS) is 13.4. The molecule has 7 nitrogen and oxygen atoms in total. The maximum atomic E-state index is 12.2. The summed E-state index contributed by atoms with van der Waals surface area (Å²) in [4.78, 5) is 28.3. The van der Waals surface area contributed by atoms with E-state index in [0.29, 0.717) is 30.1 Å². The van der Waals surface area contributed by atoms with Gasteiger partial charge >= 0.3 is 5.97 Å². The van der Waals surface area contributed by atoms with E-state index in [9.17, 15) is 14.7 Å². The number of carboxylic acid groups (broad SMARTS) is 1. The molecule has 2 rings (SSSR count). The van der Waals surface area contributed by atoms with Gasteiger partial charge in [0.05, 0.1) is 0 Å². The number of rotatable bonds is 9. The summed E-state index contributed by atoms with van der Waals surface area (Å²) in [6.07, 6.45) is 0.852. The first-order chi connectivity index (χ1) is 12.4. The second kappa shape index (κ2) is 8.60. The molecular weight excluding hydrogens is 334 g/mol. The van der Waals surface area contributed by atoms with Crippen LogP contribution >= 0.6 is 0 Å². The Morgan fingerprint density at radius 2 is 1.96 bits per heavy atom. The predicted molar refractivity (Wildman–Crippen MR) is 95.8 cm³/mol. The van der Waals surface area contributed by atoms with Crippen LogP contribution in [0.1, 0.15) is 56.8 Å². The standard InChI is InChI=1S/C19H25N3O4/c1-4-19(18(24)25,14-8-6-5-7-9-14)12-20-15(23)10-11-16-21-17(13(2)3)22-26-16/h5-9,13H,4,10-12H2,1-3H3,(H,20,23)(H,24,25). The summed E-state index contributed by atoms with van der Waals surface area (Å²) >= 11 is 0. The molecule has 1 aromatic carbocycles. The summed E-state index contributed by atoms with van der Waals surface area (Å²) in [5, 5.41) is 16.4. The molecule has 0 fully saturated rings. The average molecular weight is 359 g/mol. The van der Waals surface area contributed by atoms with Crippen molar-refractivity contribution in [2.24, 2.45) is 0 Å². The lowest BCUT2D eigenvalue weighted by Crippen LogP contribution is -2.46. The average Bonchev–Trinajstić information content (AvgIpc) is 3.11. The van der Waals surface area contributed by atoms with Crippen molar-refractivity contribution in [3.05, 3.63) is 47.6 Å². The molecule has 1 unspecified atom stereocenters. The molecule has 0 radical (unpaired) electrons. The van der Waals surface area contributed by atoms with E-state index >= 15 is 0 Å². The van der Waals surface area contributed by atoms with Crippen LogP contribution in [-0.2, 0) is 21.4 Å². The van der Waals surface area contributed by atoms with Gasteiger partial charge in [-0.25, -0.2) is 0 Å². The Morgan fingerprint density at radius 1 is 1.27 bits per heavy atom. The van der Waals surface area contributed by atoms with E-state index in [1.54, 1.807) is 31.2 Å². The number of carbonyl (C=O) groups excluding carboxylic acids is 1. The van der Waals surface area contributed by atoms with Crippen molar-refractivity contribution >= 4 is 11.9 Å². The van der Waals surface area contributed by atoms with Crippen LogP contribution in [0.4, 0.5) is 0 Å². The molecule has 1 amide bonds. The molecule has 0 aliphatic rings.